The summed E-state index contributed by atoms with van der Waals surface area (Å²) in [5.41, 5.74) is 5.44. The fourth-order valence-corrected chi connectivity index (χ4v) is 2.09. The van der Waals surface area contributed by atoms with Crippen LogP contribution in [0.2, 0.25) is 0 Å². The molecule has 3 rings (SSSR count). The average Bonchev–Trinajstić information content (AvgIpc) is 3.13. The zero-order valence-corrected chi connectivity index (χ0v) is 10.9. The van der Waals surface area contributed by atoms with E-state index in [0.717, 1.165) is 17.8 Å². The molecule has 2 saturated carbocycles. The smallest absolute Gasteiger partial charge is 0.309 e. The lowest BCUT2D eigenvalue weighted by molar-refractivity contribution is -0.142. The Hall–Kier alpha value is -1.17. The van der Waals surface area contributed by atoms with Gasteiger partial charge in [0.1, 0.15) is 5.01 Å². The number of hydrogen-bond acceptors (Lipinski definition) is 5. The lowest BCUT2D eigenvalue weighted by Crippen LogP contribution is -2.08. The molecule has 0 unspecified atom stereocenters. The third-order valence-corrected chi connectivity index (χ3v) is 4.53. The van der Waals surface area contributed by atoms with Crippen LogP contribution in [0.1, 0.15) is 44.5 Å². The van der Waals surface area contributed by atoms with Gasteiger partial charge in [-0.05, 0) is 32.6 Å². The van der Waals surface area contributed by atoms with Crippen LogP contribution >= 0.6 is 11.3 Å². The first-order chi connectivity index (χ1) is 7.86. The Morgan fingerprint density at radius 1 is 1.29 bits per heavy atom. The van der Waals surface area contributed by atoms with Crippen molar-refractivity contribution < 1.29 is 9.90 Å². The summed E-state index contributed by atoms with van der Waals surface area (Å²) in [6.07, 6.45) is 4.20. The minimum atomic E-state index is -0.646. The van der Waals surface area contributed by atoms with Gasteiger partial charge in [0.2, 0.25) is 5.13 Å². The number of carboxylic acids is 1. The van der Waals surface area contributed by atoms with Gasteiger partial charge in [-0.25, -0.2) is 0 Å². The normalized spacial score (nSPS) is 22.2. The van der Waals surface area contributed by atoms with Crippen molar-refractivity contribution in [3.05, 3.63) is 5.01 Å². The first-order valence-corrected chi connectivity index (χ1v) is 6.50. The predicted molar refractivity (Wildman–Crippen MR) is 65.9 cm³/mol. The van der Waals surface area contributed by atoms with Gasteiger partial charge in [-0.15, -0.1) is 10.2 Å². The molecule has 2 aliphatic carbocycles. The van der Waals surface area contributed by atoms with E-state index in [1.165, 1.54) is 24.2 Å². The average molecular weight is 255 g/mol. The Bertz CT molecular complexity index is 436. The van der Waals surface area contributed by atoms with Crippen molar-refractivity contribution >= 4 is 22.4 Å². The summed E-state index contributed by atoms with van der Waals surface area (Å²) < 4.78 is 0. The van der Waals surface area contributed by atoms with E-state index >= 15 is 0 Å². The van der Waals surface area contributed by atoms with Crippen LogP contribution in [0.4, 0.5) is 5.13 Å². The summed E-state index contributed by atoms with van der Waals surface area (Å²) in [6, 6.07) is 0. The second kappa shape index (κ2) is 3.94. The highest BCUT2D eigenvalue weighted by atomic mass is 32.1. The summed E-state index contributed by atoms with van der Waals surface area (Å²) in [4.78, 5) is 10.1. The molecule has 94 valence electrons. The quantitative estimate of drug-likeness (QED) is 0.844. The Balaban J connectivity index is 0.000000136. The van der Waals surface area contributed by atoms with Gasteiger partial charge >= 0.3 is 5.97 Å². The summed E-state index contributed by atoms with van der Waals surface area (Å²) in [5.74, 6) is -0.646. The van der Waals surface area contributed by atoms with E-state index in [-0.39, 0.29) is 5.41 Å². The standard InChI is InChI=1S/C6H9N3S.C5H8O2/c1-6(2-3-6)4-8-9-5(7)10-4;1-5(2-3-5)4(6)7/h2-3H2,1H3,(H2,7,9);2-3H2,1H3,(H,6,7). The number of carboxylic acid groups (broad SMARTS) is 1. The van der Waals surface area contributed by atoms with Crippen molar-refractivity contribution in [3.63, 3.8) is 0 Å². The number of aromatic nitrogens is 2. The largest absolute Gasteiger partial charge is 0.481 e. The molecule has 0 spiro atoms. The van der Waals surface area contributed by atoms with E-state index in [0.29, 0.717) is 10.5 Å². The summed E-state index contributed by atoms with van der Waals surface area (Å²) in [6.45, 7) is 3.97. The van der Waals surface area contributed by atoms with Crippen molar-refractivity contribution in [2.24, 2.45) is 5.41 Å². The number of anilines is 1. The minimum Gasteiger partial charge on any atom is -0.481 e. The second-order valence-electron chi connectivity index (χ2n) is 5.37. The van der Waals surface area contributed by atoms with Gasteiger partial charge < -0.3 is 10.8 Å². The summed E-state index contributed by atoms with van der Waals surface area (Å²) in [7, 11) is 0. The highest BCUT2D eigenvalue weighted by Crippen LogP contribution is 2.48. The molecule has 1 aromatic heterocycles. The predicted octanol–water partition coefficient (Wildman–Crippen LogP) is 2.04. The van der Waals surface area contributed by atoms with Crippen LogP contribution in [-0.2, 0) is 10.2 Å². The molecule has 2 fully saturated rings. The van der Waals surface area contributed by atoms with Gasteiger partial charge in [0.25, 0.3) is 0 Å². The van der Waals surface area contributed by atoms with Gasteiger partial charge in [-0.1, -0.05) is 18.3 Å². The number of aliphatic carboxylic acids is 1. The molecule has 0 bridgehead atoms. The maximum absolute atomic E-state index is 10.1. The van der Waals surface area contributed by atoms with Crippen LogP contribution in [0.15, 0.2) is 0 Å². The first kappa shape index (κ1) is 12.3. The van der Waals surface area contributed by atoms with Gasteiger partial charge in [-0.3, -0.25) is 4.79 Å². The van der Waals surface area contributed by atoms with E-state index in [1.54, 1.807) is 6.92 Å². The Morgan fingerprint density at radius 2 is 1.88 bits per heavy atom. The Morgan fingerprint density at radius 3 is 2.12 bits per heavy atom. The number of hydrogen-bond donors (Lipinski definition) is 2. The maximum Gasteiger partial charge on any atom is 0.309 e. The van der Waals surface area contributed by atoms with E-state index < -0.39 is 5.97 Å². The van der Waals surface area contributed by atoms with Crippen LogP contribution < -0.4 is 5.73 Å². The van der Waals surface area contributed by atoms with Crippen molar-refractivity contribution in [2.75, 3.05) is 5.73 Å². The highest BCUT2D eigenvalue weighted by molar-refractivity contribution is 7.15. The van der Waals surface area contributed by atoms with Gasteiger partial charge in [0, 0.05) is 5.41 Å². The first-order valence-electron chi connectivity index (χ1n) is 5.69. The van der Waals surface area contributed by atoms with Crippen LogP contribution in [0, 0.1) is 5.41 Å². The molecule has 0 saturated heterocycles. The van der Waals surface area contributed by atoms with E-state index in [9.17, 15) is 4.79 Å². The molecular weight excluding hydrogens is 238 g/mol. The highest BCUT2D eigenvalue weighted by Gasteiger charge is 2.45. The van der Waals surface area contributed by atoms with Gasteiger partial charge in [-0.2, -0.15) is 0 Å². The maximum atomic E-state index is 10.1. The van der Waals surface area contributed by atoms with Crippen LogP contribution in [0.5, 0.6) is 0 Å². The zero-order chi connectivity index (χ0) is 12.7. The minimum absolute atomic E-state index is 0.329. The molecule has 0 amide bonds. The molecule has 2 aliphatic rings. The molecule has 0 aromatic carbocycles. The van der Waals surface area contributed by atoms with Crippen LogP contribution in [0.25, 0.3) is 0 Å². The number of carbonyl (C=O) groups is 1. The van der Waals surface area contributed by atoms with Crippen molar-refractivity contribution in [1.29, 1.82) is 0 Å². The SMILES string of the molecule is CC1(C(=O)O)CC1.CC1(c2nnc(N)s2)CC1. The molecule has 0 aliphatic heterocycles. The molecule has 1 heterocycles. The van der Waals surface area contributed by atoms with E-state index in [1.807, 2.05) is 0 Å². The van der Waals surface area contributed by atoms with E-state index in [4.69, 9.17) is 10.8 Å². The molecular formula is C11H17N3O2S. The molecule has 1 aromatic rings. The number of nitrogen functional groups attached to an aromatic ring is 1. The van der Waals surface area contributed by atoms with E-state index in [2.05, 4.69) is 17.1 Å². The fourth-order valence-electron chi connectivity index (χ4n) is 1.28. The fraction of sp³-hybridized carbons (Fsp3) is 0.727. The zero-order valence-electron chi connectivity index (χ0n) is 10.1. The Labute approximate surface area is 104 Å². The third-order valence-electron chi connectivity index (χ3n) is 3.47. The molecule has 3 N–H and O–H groups in total. The van der Waals surface area contributed by atoms with Crippen molar-refractivity contribution in [3.8, 4) is 0 Å². The van der Waals surface area contributed by atoms with Gasteiger partial charge in [0.15, 0.2) is 0 Å². The number of nitrogens with zero attached hydrogens (tertiary/aromatic N) is 2. The van der Waals surface area contributed by atoms with Crippen molar-refractivity contribution in [2.45, 2.75) is 44.9 Å². The lowest BCUT2D eigenvalue weighted by Gasteiger charge is -1.97. The molecule has 0 radical (unpaired) electrons. The van der Waals surface area contributed by atoms with Crippen molar-refractivity contribution in [1.82, 2.24) is 10.2 Å². The monoisotopic (exact) mass is 255 g/mol. The Kier molecular flexibility index (Phi) is 2.85. The molecule has 5 nitrogen and oxygen atoms in total. The second-order valence-corrected chi connectivity index (χ2v) is 6.38. The van der Waals surface area contributed by atoms with Gasteiger partial charge in [0.05, 0.1) is 5.41 Å². The summed E-state index contributed by atoms with van der Waals surface area (Å²) in [5, 5.41) is 17.8. The molecule has 6 heteroatoms. The number of nitrogens with two attached hydrogens (primary N) is 1. The number of rotatable bonds is 2. The summed E-state index contributed by atoms with van der Waals surface area (Å²) >= 11 is 1.51. The molecule has 17 heavy (non-hydrogen) atoms. The van der Waals surface area contributed by atoms with Crippen LogP contribution in [-0.4, -0.2) is 21.3 Å². The topological polar surface area (TPSA) is 89.1 Å². The molecule has 0 atom stereocenters. The lowest BCUT2D eigenvalue weighted by atomic mass is 10.2. The van der Waals surface area contributed by atoms with Crippen LogP contribution in [0.3, 0.4) is 0 Å². The third kappa shape index (κ3) is 2.74.